The smallest absolute Gasteiger partial charge is 0.312 e. The summed E-state index contributed by atoms with van der Waals surface area (Å²) >= 11 is 0. The quantitative estimate of drug-likeness (QED) is 0.565. The highest BCUT2D eigenvalue weighted by molar-refractivity contribution is 5.80. The molecule has 2 fully saturated rings. The number of piperidine rings is 1. The number of amides is 1. The lowest BCUT2D eigenvalue weighted by Crippen LogP contribution is -2.52. The zero-order valence-corrected chi connectivity index (χ0v) is 19.4. The first-order valence-corrected chi connectivity index (χ1v) is 12.0. The van der Waals surface area contributed by atoms with Crippen LogP contribution in [0.3, 0.4) is 0 Å². The molecule has 31 heavy (non-hydrogen) atoms. The molecular weight excluding hydrogens is 390 g/mol. The number of esters is 1. The number of rotatable bonds is 9. The minimum absolute atomic E-state index is 0.0779. The van der Waals surface area contributed by atoms with E-state index in [2.05, 4.69) is 41.0 Å². The fourth-order valence-corrected chi connectivity index (χ4v) is 4.86. The molecule has 2 aliphatic heterocycles. The number of ether oxygens (including phenoxy) is 1. The van der Waals surface area contributed by atoms with Crippen molar-refractivity contribution in [3.8, 4) is 0 Å². The Morgan fingerprint density at radius 1 is 0.935 bits per heavy atom. The minimum atomic E-state index is -0.450. The summed E-state index contributed by atoms with van der Waals surface area (Å²) in [6.45, 7) is 11.3. The highest BCUT2D eigenvalue weighted by Crippen LogP contribution is 2.38. The molecule has 0 spiro atoms. The SMILES string of the molecule is CCOC(=O)C1(CCCc2ccccc2)CCN(C(=O)CN2CCN(CC)CC2)CC1. The maximum Gasteiger partial charge on any atom is 0.312 e. The van der Waals surface area contributed by atoms with Gasteiger partial charge in [-0.2, -0.15) is 0 Å². The number of nitrogens with zero attached hydrogens (tertiary/aromatic N) is 3. The number of likely N-dealkylation sites (tertiary alicyclic amines) is 1. The first-order valence-electron chi connectivity index (χ1n) is 12.0. The molecule has 0 aliphatic carbocycles. The fraction of sp³-hybridized carbons (Fsp3) is 0.680. The number of hydrogen-bond acceptors (Lipinski definition) is 5. The predicted octanol–water partition coefficient (Wildman–Crippen LogP) is 2.82. The van der Waals surface area contributed by atoms with Gasteiger partial charge in [0, 0.05) is 39.3 Å². The van der Waals surface area contributed by atoms with Crippen LogP contribution in [0.15, 0.2) is 30.3 Å². The van der Waals surface area contributed by atoms with Gasteiger partial charge in [0.05, 0.1) is 18.6 Å². The van der Waals surface area contributed by atoms with E-state index >= 15 is 0 Å². The van der Waals surface area contributed by atoms with Crippen molar-refractivity contribution in [3.05, 3.63) is 35.9 Å². The molecule has 0 unspecified atom stereocenters. The van der Waals surface area contributed by atoms with Crippen molar-refractivity contribution in [3.63, 3.8) is 0 Å². The second-order valence-electron chi connectivity index (χ2n) is 8.93. The van der Waals surface area contributed by atoms with Crippen molar-refractivity contribution in [2.45, 2.75) is 46.0 Å². The van der Waals surface area contributed by atoms with Crippen LogP contribution in [0.25, 0.3) is 0 Å². The molecule has 0 N–H and O–H groups in total. The molecule has 172 valence electrons. The number of carbonyl (C=O) groups excluding carboxylic acids is 2. The van der Waals surface area contributed by atoms with Gasteiger partial charge in [0.2, 0.25) is 5.91 Å². The molecular formula is C25H39N3O3. The molecule has 0 atom stereocenters. The zero-order chi connectivity index (χ0) is 22.1. The third-order valence-electron chi connectivity index (χ3n) is 7.02. The molecule has 0 saturated carbocycles. The van der Waals surface area contributed by atoms with E-state index in [0.717, 1.165) is 52.0 Å². The van der Waals surface area contributed by atoms with Crippen molar-refractivity contribution in [1.29, 1.82) is 0 Å². The Kier molecular flexibility index (Phi) is 8.90. The van der Waals surface area contributed by atoms with Crippen LogP contribution in [0.4, 0.5) is 0 Å². The van der Waals surface area contributed by atoms with Gasteiger partial charge in [-0.25, -0.2) is 0 Å². The first kappa shape index (κ1) is 23.7. The van der Waals surface area contributed by atoms with Crippen LogP contribution >= 0.6 is 0 Å². The minimum Gasteiger partial charge on any atom is -0.466 e. The van der Waals surface area contributed by atoms with Gasteiger partial charge in [0.1, 0.15) is 0 Å². The monoisotopic (exact) mass is 429 g/mol. The summed E-state index contributed by atoms with van der Waals surface area (Å²) in [6, 6.07) is 10.4. The van der Waals surface area contributed by atoms with Crippen LogP contribution in [0, 0.1) is 5.41 Å². The van der Waals surface area contributed by atoms with E-state index in [-0.39, 0.29) is 11.9 Å². The molecule has 2 heterocycles. The maximum absolute atomic E-state index is 12.9. The molecule has 1 amide bonds. The Bertz CT molecular complexity index is 693. The number of piperazine rings is 1. The summed E-state index contributed by atoms with van der Waals surface area (Å²) in [5, 5.41) is 0. The molecule has 0 bridgehead atoms. The molecule has 6 heteroatoms. The first-order chi connectivity index (χ1) is 15.1. The summed E-state index contributed by atoms with van der Waals surface area (Å²) in [4.78, 5) is 32.4. The summed E-state index contributed by atoms with van der Waals surface area (Å²) in [5.74, 6) is 0.123. The van der Waals surface area contributed by atoms with E-state index < -0.39 is 5.41 Å². The normalized spacial score (nSPS) is 19.9. The van der Waals surface area contributed by atoms with Gasteiger partial charge in [-0.05, 0) is 51.1 Å². The molecule has 6 nitrogen and oxygen atoms in total. The van der Waals surface area contributed by atoms with Gasteiger partial charge in [-0.3, -0.25) is 14.5 Å². The lowest BCUT2D eigenvalue weighted by atomic mass is 9.74. The van der Waals surface area contributed by atoms with Crippen LogP contribution in [0.1, 0.15) is 45.1 Å². The molecule has 2 aliphatic rings. The highest BCUT2D eigenvalue weighted by Gasteiger charge is 2.43. The van der Waals surface area contributed by atoms with Crippen molar-refractivity contribution < 1.29 is 14.3 Å². The van der Waals surface area contributed by atoms with Crippen molar-refractivity contribution in [2.24, 2.45) is 5.41 Å². The van der Waals surface area contributed by atoms with E-state index in [1.807, 2.05) is 17.9 Å². The van der Waals surface area contributed by atoms with Gasteiger partial charge in [-0.1, -0.05) is 37.3 Å². The third kappa shape index (κ3) is 6.53. The van der Waals surface area contributed by atoms with Gasteiger partial charge in [-0.15, -0.1) is 0 Å². The van der Waals surface area contributed by atoms with Gasteiger partial charge in [0.25, 0.3) is 0 Å². The maximum atomic E-state index is 12.9. The standard InChI is InChI=1S/C25H39N3O3/c1-3-26-17-19-27(20-18-26)21-23(29)28-15-13-25(14-16-28,24(30)31-4-2)12-8-11-22-9-6-5-7-10-22/h5-7,9-10H,3-4,8,11-21H2,1-2H3. The van der Waals surface area contributed by atoms with E-state index in [1.54, 1.807) is 0 Å². The number of carbonyl (C=O) groups is 2. The van der Waals surface area contributed by atoms with Crippen molar-refractivity contribution >= 4 is 11.9 Å². The van der Waals surface area contributed by atoms with E-state index in [9.17, 15) is 9.59 Å². The largest absolute Gasteiger partial charge is 0.466 e. The second-order valence-corrected chi connectivity index (χ2v) is 8.93. The lowest BCUT2D eigenvalue weighted by molar-refractivity contribution is -0.161. The van der Waals surface area contributed by atoms with Crippen LogP contribution in [0.5, 0.6) is 0 Å². The van der Waals surface area contributed by atoms with Crippen LogP contribution in [-0.2, 0) is 20.7 Å². The number of aryl methyl sites for hydroxylation is 1. The Hall–Kier alpha value is -1.92. The summed E-state index contributed by atoms with van der Waals surface area (Å²) < 4.78 is 5.47. The lowest BCUT2D eigenvalue weighted by Gasteiger charge is -2.41. The van der Waals surface area contributed by atoms with E-state index in [4.69, 9.17) is 4.74 Å². The fourth-order valence-electron chi connectivity index (χ4n) is 4.86. The van der Waals surface area contributed by atoms with Gasteiger partial charge < -0.3 is 14.5 Å². The molecule has 3 rings (SSSR count). The average Bonchev–Trinajstić information content (AvgIpc) is 2.81. The van der Waals surface area contributed by atoms with E-state index in [0.29, 0.717) is 39.1 Å². The zero-order valence-electron chi connectivity index (χ0n) is 19.4. The third-order valence-corrected chi connectivity index (χ3v) is 7.02. The van der Waals surface area contributed by atoms with Gasteiger partial charge >= 0.3 is 5.97 Å². The number of hydrogen-bond donors (Lipinski definition) is 0. The molecule has 0 radical (unpaired) electrons. The molecule has 1 aromatic rings. The summed E-state index contributed by atoms with van der Waals surface area (Å²) in [6.07, 6.45) is 4.15. The highest BCUT2D eigenvalue weighted by atomic mass is 16.5. The van der Waals surface area contributed by atoms with Crippen LogP contribution < -0.4 is 0 Å². The van der Waals surface area contributed by atoms with E-state index in [1.165, 1.54) is 5.56 Å². The predicted molar refractivity (Wildman–Crippen MR) is 123 cm³/mol. The number of benzene rings is 1. The van der Waals surface area contributed by atoms with Crippen molar-refractivity contribution in [2.75, 3.05) is 59.0 Å². The van der Waals surface area contributed by atoms with Crippen LogP contribution in [-0.4, -0.2) is 85.5 Å². The summed E-state index contributed by atoms with van der Waals surface area (Å²) in [7, 11) is 0. The Balaban J connectivity index is 1.51. The number of likely N-dealkylation sites (N-methyl/N-ethyl adjacent to an activating group) is 1. The second kappa shape index (κ2) is 11.6. The molecule has 2 saturated heterocycles. The van der Waals surface area contributed by atoms with Crippen LogP contribution in [0.2, 0.25) is 0 Å². The summed E-state index contributed by atoms with van der Waals surface area (Å²) in [5.41, 5.74) is 0.853. The Morgan fingerprint density at radius 3 is 2.19 bits per heavy atom. The Labute approximate surface area is 187 Å². The Morgan fingerprint density at radius 2 is 1.58 bits per heavy atom. The topological polar surface area (TPSA) is 53.1 Å². The molecule has 0 aromatic heterocycles. The van der Waals surface area contributed by atoms with Gasteiger partial charge in [0.15, 0.2) is 0 Å². The molecule has 1 aromatic carbocycles. The average molecular weight is 430 g/mol. The van der Waals surface area contributed by atoms with Crippen molar-refractivity contribution in [1.82, 2.24) is 14.7 Å².